The molecule has 0 radical (unpaired) electrons. The van der Waals surface area contributed by atoms with Gasteiger partial charge in [-0.2, -0.15) is 0 Å². The number of benzene rings is 3. The summed E-state index contributed by atoms with van der Waals surface area (Å²) in [5.74, 6) is 0. The van der Waals surface area contributed by atoms with Gasteiger partial charge in [-0.05, 0) is 48.3 Å². The third kappa shape index (κ3) is 4.79. The first-order chi connectivity index (χ1) is 13.2. The predicted molar refractivity (Wildman–Crippen MR) is 127 cm³/mol. The van der Waals surface area contributed by atoms with Crippen molar-refractivity contribution in [2.75, 3.05) is 0 Å². The summed E-state index contributed by atoms with van der Waals surface area (Å²) in [6, 6.07) is 32.2. The lowest BCUT2D eigenvalue weighted by atomic mass is 10.3. The second-order valence-electron chi connectivity index (χ2n) is 8.50. The molecule has 0 atom stereocenters. The van der Waals surface area contributed by atoms with Gasteiger partial charge in [-0.15, -0.1) is 0 Å². The highest BCUT2D eigenvalue weighted by molar-refractivity contribution is 7.10. The first-order valence-corrected chi connectivity index (χ1v) is 17.9. The molecule has 0 aromatic heterocycles. The lowest BCUT2D eigenvalue weighted by Gasteiger charge is -2.41. The van der Waals surface area contributed by atoms with Gasteiger partial charge in [0.1, 0.15) is 0 Å². The summed E-state index contributed by atoms with van der Waals surface area (Å²) in [4.78, 5) is 0. The largest absolute Gasteiger partial charge is 0.437 e. The van der Waals surface area contributed by atoms with Crippen molar-refractivity contribution in [2.45, 2.75) is 32.7 Å². The average molecular weight is 423 g/mol. The van der Waals surface area contributed by atoms with Crippen LogP contribution in [0.2, 0.25) is 32.7 Å². The topological polar surface area (TPSA) is 18.5 Å². The molecule has 0 spiro atoms. The molecule has 0 amide bonds. The molecule has 0 N–H and O–H groups in total. The van der Waals surface area contributed by atoms with E-state index in [1.165, 1.54) is 15.6 Å². The third-order valence-electron chi connectivity index (χ3n) is 4.49. The zero-order valence-electron chi connectivity index (χ0n) is 17.5. The lowest BCUT2D eigenvalue weighted by molar-refractivity contribution is 0.403. The van der Waals surface area contributed by atoms with Crippen LogP contribution in [0.25, 0.3) is 0 Å². The minimum Gasteiger partial charge on any atom is -0.437 e. The maximum atomic E-state index is 7.25. The van der Waals surface area contributed by atoms with Crippen molar-refractivity contribution in [1.29, 1.82) is 0 Å². The van der Waals surface area contributed by atoms with Crippen molar-refractivity contribution in [3.8, 4) is 0 Å². The monoisotopic (exact) mass is 422 g/mol. The van der Waals surface area contributed by atoms with Crippen LogP contribution in [-0.2, 0) is 8.23 Å². The van der Waals surface area contributed by atoms with E-state index < -0.39 is 25.2 Å². The summed E-state index contributed by atoms with van der Waals surface area (Å²) in [5.41, 5.74) is 0. The first-order valence-electron chi connectivity index (χ1n) is 9.80. The van der Waals surface area contributed by atoms with Crippen LogP contribution in [0.15, 0.2) is 91.0 Å². The highest BCUT2D eigenvalue weighted by Gasteiger charge is 2.48. The maximum absolute atomic E-state index is 7.25. The molecule has 0 bridgehead atoms. The Kier molecular flexibility index (Phi) is 6.22. The summed E-state index contributed by atoms with van der Waals surface area (Å²) in [5, 5.41) is 3.77. The summed E-state index contributed by atoms with van der Waals surface area (Å²) in [6.07, 6.45) is 0. The molecule has 146 valence electrons. The minimum atomic E-state index is -2.70. The molecule has 3 rings (SSSR count). The predicted octanol–water partition coefficient (Wildman–Crippen LogP) is 4.22. The van der Waals surface area contributed by atoms with E-state index in [2.05, 4.69) is 124 Å². The number of hydrogen-bond acceptors (Lipinski definition) is 2. The van der Waals surface area contributed by atoms with Crippen LogP contribution in [-0.4, -0.2) is 25.2 Å². The molecule has 0 saturated carbocycles. The van der Waals surface area contributed by atoms with Gasteiger partial charge in [0.05, 0.1) is 0 Å². The lowest BCUT2D eigenvalue weighted by Crippen LogP contribution is -2.73. The molecule has 0 fully saturated rings. The number of hydrogen-bond donors (Lipinski definition) is 0. The van der Waals surface area contributed by atoms with Gasteiger partial charge < -0.3 is 8.23 Å². The van der Waals surface area contributed by atoms with Gasteiger partial charge in [0.2, 0.25) is 0 Å². The molecule has 0 unspecified atom stereocenters. The summed E-state index contributed by atoms with van der Waals surface area (Å²) < 4.78 is 13.9. The molecule has 3 aromatic rings. The fourth-order valence-electron chi connectivity index (χ4n) is 3.82. The second-order valence-corrected chi connectivity index (χ2v) is 20.2. The fraction of sp³-hybridized carbons (Fsp3) is 0.217. The highest BCUT2D eigenvalue weighted by atomic mass is 28.5. The van der Waals surface area contributed by atoms with E-state index in [0.717, 1.165) is 0 Å². The Morgan fingerprint density at radius 2 is 0.786 bits per heavy atom. The van der Waals surface area contributed by atoms with E-state index in [9.17, 15) is 0 Å². The Balaban J connectivity index is 2.25. The standard InChI is InChI=1S/C23H30O2Si3/c1-26(2,3)24-27(4,5)25-28(21-15-9-6-10-16-21,22-17-11-7-12-18-22)23-19-13-8-14-20-23/h6-20H,1-5H3. The molecule has 0 saturated heterocycles. The quantitative estimate of drug-likeness (QED) is 0.419. The Morgan fingerprint density at radius 3 is 1.07 bits per heavy atom. The van der Waals surface area contributed by atoms with Crippen molar-refractivity contribution < 1.29 is 8.23 Å². The first kappa shape index (κ1) is 21.0. The highest BCUT2D eigenvalue weighted by Crippen LogP contribution is 2.21. The van der Waals surface area contributed by atoms with Crippen molar-refractivity contribution in [2.24, 2.45) is 0 Å². The van der Waals surface area contributed by atoms with Gasteiger partial charge in [0.25, 0.3) is 8.32 Å². The van der Waals surface area contributed by atoms with Crippen LogP contribution in [0, 0.1) is 0 Å². The van der Waals surface area contributed by atoms with E-state index in [1.54, 1.807) is 0 Å². The molecular formula is C23H30O2Si3. The summed E-state index contributed by atoms with van der Waals surface area (Å²) in [7, 11) is -6.84. The molecule has 5 heteroatoms. The second kappa shape index (κ2) is 8.31. The van der Waals surface area contributed by atoms with Gasteiger partial charge in [0, 0.05) is 0 Å². The van der Waals surface area contributed by atoms with Crippen LogP contribution in [0.1, 0.15) is 0 Å². The number of rotatable bonds is 7. The van der Waals surface area contributed by atoms with Crippen LogP contribution >= 0.6 is 0 Å². The van der Waals surface area contributed by atoms with Gasteiger partial charge in [0.15, 0.2) is 8.32 Å². The van der Waals surface area contributed by atoms with Crippen LogP contribution in [0.3, 0.4) is 0 Å². The normalized spacial score (nSPS) is 12.8. The van der Waals surface area contributed by atoms with E-state index in [1.807, 2.05) is 0 Å². The zero-order valence-corrected chi connectivity index (χ0v) is 20.5. The smallest absolute Gasteiger partial charge is 0.311 e. The van der Waals surface area contributed by atoms with Gasteiger partial charge in [-0.1, -0.05) is 91.0 Å². The Labute approximate surface area is 172 Å². The molecule has 0 aliphatic heterocycles. The van der Waals surface area contributed by atoms with E-state index >= 15 is 0 Å². The summed E-state index contributed by atoms with van der Waals surface area (Å²) >= 11 is 0. The van der Waals surface area contributed by atoms with Gasteiger partial charge in [-0.3, -0.25) is 0 Å². The van der Waals surface area contributed by atoms with Crippen molar-refractivity contribution in [3.05, 3.63) is 91.0 Å². The van der Waals surface area contributed by atoms with Crippen LogP contribution in [0.5, 0.6) is 0 Å². The molecular weight excluding hydrogens is 393 g/mol. The van der Waals surface area contributed by atoms with Gasteiger partial charge >= 0.3 is 8.56 Å². The molecule has 2 nitrogen and oxygen atoms in total. The van der Waals surface area contributed by atoms with Crippen molar-refractivity contribution >= 4 is 40.8 Å². The zero-order chi connectivity index (χ0) is 20.3. The van der Waals surface area contributed by atoms with E-state index in [4.69, 9.17) is 8.23 Å². The maximum Gasteiger partial charge on any atom is 0.311 e. The van der Waals surface area contributed by atoms with Crippen LogP contribution < -0.4 is 15.6 Å². The molecule has 28 heavy (non-hydrogen) atoms. The third-order valence-corrected chi connectivity index (χ3v) is 15.5. The Morgan fingerprint density at radius 1 is 0.464 bits per heavy atom. The SMILES string of the molecule is C[Si](C)(C)O[Si](C)(C)O[Si](c1ccccc1)(c1ccccc1)c1ccccc1. The van der Waals surface area contributed by atoms with E-state index in [0.29, 0.717) is 0 Å². The van der Waals surface area contributed by atoms with Crippen molar-refractivity contribution in [1.82, 2.24) is 0 Å². The summed E-state index contributed by atoms with van der Waals surface area (Å²) in [6.45, 7) is 11.1. The molecule has 0 aliphatic rings. The van der Waals surface area contributed by atoms with Gasteiger partial charge in [-0.25, -0.2) is 0 Å². The van der Waals surface area contributed by atoms with E-state index in [-0.39, 0.29) is 0 Å². The molecule has 0 heterocycles. The van der Waals surface area contributed by atoms with Crippen LogP contribution in [0.4, 0.5) is 0 Å². The molecule has 0 aliphatic carbocycles. The average Bonchev–Trinajstić information content (AvgIpc) is 2.66. The molecule has 3 aromatic carbocycles. The van der Waals surface area contributed by atoms with Crippen molar-refractivity contribution in [3.63, 3.8) is 0 Å². The fourth-order valence-corrected chi connectivity index (χ4v) is 17.6. The Hall–Kier alpha value is -1.77. The minimum absolute atomic E-state index is 1.26. The Bertz CT molecular complexity index is 779.